The van der Waals surface area contributed by atoms with Gasteiger partial charge in [-0.25, -0.2) is 4.79 Å². The number of rotatable bonds is 3. The minimum absolute atomic E-state index is 0.0137. The summed E-state index contributed by atoms with van der Waals surface area (Å²) in [6, 6.07) is 16.6. The highest BCUT2D eigenvalue weighted by molar-refractivity contribution is 5.74. The third-order valence-electron chi connectivity index (χ3n) is 5.50. The van der Waals surface area contributed by atoms with E-state index >= 15 is 0 Å². The van der Waals surface area contributed by atoms with E-state index in [0.29, 0.717) is 19.7 Å². The summed E-state index contributed by atoms with van der Waals surface area (Å²) in [6.07, 6.45) is 1.08. The van der Waals surface area contributed by atoms with Crippen molar-refractivity contribution in [2.75, 3.05) is 26.2 Å². The molecule has 2 aliphatic heterocycles. The first-order valence-corrected chi connectivity index (χ1v) is 9.75. The van der Waals surface area contributed by atoms with Gasteiger partial charge in [0.25, 0.3) is 0 Å². The number of hydrogen-bond acceptors (Lipinski definition) is 3. The molecule has 0 saturated carbocycles. The zero-order valence-electron chi connectivity index (χ0n) is 15.9. The fourth-order valence-electron chi connectivity index (χ4n) is 3.85. The van der Waals surface area contributed by atoms with Crippen molar-refractivity contribution in [1.82, 2.24) is 15.1 Å². The van der Waals surface area contributed by atoms with Crippen molar-refractivity contribution >= 4 is 6.03 Å². The monoisotopic (exact) mass is 365 g/mol. The third-order valence-corrected chi connectivity index (χ3v) is 5.50. The first kappa shape index (κ1) is 17.9. The number of carbonyl (C=O) groups excluding carboxylic acids is 1. The van der Waals surface area contributed by atoms with Crippen molar-refractivity contribution in [3.63, 3.8) is 0 Å². The van der Waals surface area contributed by atoms with Gasteiger partial charge in [-0.05, 0) is 30.5 Å². The molecule has 2 aromatic rings. The van der Waals surface area contributed by atoms with Gasteiger partial charge >= 0.3 is 6.03 Å². The van der Waals surface area contributed by atoms with E-state index in [1.165, 1.54) is 11.1 Å². The lowest BCUT2D eigenvalue weighted by atomic mass is 10.00. The number of carbonyl (C=O) groups is 1. The second-order valence-electron chi connectivity index (χ2n) is 7.42. The van der Waals surface area contributed by atoms with Crippen LogP contribution >= 0.6 is 0 Å². The largest absolute Gasteiger partial charge is 0.491 e. The van der Waals surface area contributed by atoms with Crippen LogP contribution in [-0.2, 0) is 19.5 Å². The summed E-state index contributed by atoms with van der Waals surface area (Å²) >= 11 is 0. The molecule has 5 heteroatoms. The molecule has 0 radical (unpaired) electrons. The Hall–Kier alpha value is -2.53. The number of amides is 2. The Labute approximate surface area is 160 Å². The molecule has 2 aromatic carbocycles. The van der Waals surface area contributed by atoms with Gasteiger partial charge in [0.1, 0.15) is 12.4 Å². The van der Waals surface area contributed by atoms with Gasteiger partial charge in [0, 0.05) is 31.7 Å². The Bertz CT molecular complexity index is 808. The normalized spacial score (nSPS) is 19.4. The van der Waals surface area contributed by atoms with Crippen molar-refractivity contribution in [3.05, 3.63) is 65.2 Å². The van der Waals surface area contributed by atoms with Crippen LogP contribution in [0.2, 0.25) is 0 Å². The van der Waals surface area contributed by atoms with Gasteiger partial charge in [-0.3, -0.25) is 4.90 Å². The first-order chi connectivity index (χ1) is 13.2. The van der Waals surface area contributed by atoms with E-state index < -0.39 is 0 Å². The number of nitrogens with one attached hydrogen (secondary N) is 1. The van der Waals surface area contributed by atoms with E-state index in [-0.39, 0.29) is 12.1 Å². The summed E-state index contributed by atoms with van der Waals surface area (Å²) in [4.78, 5) is 17.0. The molecule has 0 aliphatic carbocycles. The molecule has 0 bridgehead atoms. The lowest BCUT2D eigenvalue weighted by Crippen LogP contribution is -2.47. The molecule has 142 valence electrons. The molecule has 2 amide bonds. The molecule has 0 saturated heterocycles. The number of fused-ring (bicyclic) bond motifs is 2. The molecule has 0 aromatic heterocycles. The minimum Gasteiger partial charge on any atom is -0.491 e. The molecule has 2 aliphatic rings. The number of benzene rings is 2. The standard InChI is InChI=1S/C22H27N3O2/c1-17-16-27-21-9-5-4-8-20(21)15-25(17)22(26)23-11-13-24-12-10-18-6-2-3-7-19(18)14-24/h2-9,17H,10-16H2,1H3,(H,23,26). The molecule has 0 fully saturated rings. The van der Waals surface area contributed by atoms with Crippen LogP contribution in [0.25, 0.3) is 0 Å². The van der Waals surface area contributed by atoms with Crippen LogP contribution in [0.3, 0.4) is 0 Å². The highest BCUT2D eigenvalue weighted by atomic mass is 16.5. The Morgan fingerprint density at radius 1 is 1.07 bits per heavy atom. The van der Waals surface area contributed by atoms with Crippen molar-refractivity contribution in [2.24, 2.45) is 0 Å². The molecule has 2 heterocycles. The van der Waals surface area contributed by atoms with Crippen LogP contribution in [0.5, 0.6) is 5.75 Å². The predicted octanol–water partition coefficient (Wildman–Crippen LogP) is 3.04. The molecule has 1 unspecified atom stereocenters. The summed E-state index contributed by atoms with van der Waals surface area (Å²) in [5, 5.41) is 3.10. The SMILES string of the molecule is CC1COc2ccccc2CN1C(=O)NCCN1CCc2ccccc2C1. The number of nitrogens with zero attached hydrogens (tertiary/aromatic N) is 2. The summed E-state index contributed by atoms with van der Waals surface area (Å²) in [6.45, 7) is 6.68. The highest BCUT2D eigenvalue weighted by Gasteiger charge is 2.25. The van der Waals surface area contributed by atoms with E-state index in [0.717, 1.165) is 37.4 Å². The van der Waals surface area contributed by atoms with E-state index in [1.54, 1.807) is 0 Å². The Morgan fingerprint density at radius 3 is 2.67 bits per heavy atom. The van der Waals surface area contributed by atoms with E-state index in [9.17, 15) is 4.79 Å². The lowest BCUT2D eigenvalue weighted by Gasteiger charge is -2.30. The van der Waals surface area contributed by atoms with Gasteiger partial charge in [0.05, 0.1) is 12.6 Å². The van der Waals surface area contributed by atoms with Crippen LogP contribution in [0, 0.1) is 0 Å². The zero-order chi connectivity index (χ0) is 18.6. The van der Waals surface area contributed by atoms with Gasteiger partial charge in [-0.1, -0.05) is 42.5 Å². The van der Waals surface area contributed by atoms with Crippen LogP contribution in [0.4, 0.5) is 4.79 Å². The van der Waals surface area contributed by atoms with Crippen molar-refractivity contribution in [1.29, 1.82) is 0 Å². The summed E-state index contributed by atoms with van der Waals surface area (Å²) in [5.41, 5.74) is 3.92. The Morgan fingerprint density at radius 2 is 1.81 bits per heavy atom. The van der Waals surface area contributed by atoms with Gasteiger partial charge in [-0.15, -0.1) is 0 Å². The molecular formula is C22H27N3O2. The van der Waals surface area contributed by atoms with Gasteiger partial charge in [0.15, 0.2) is 0 Å². The fourth-order valence-corrected chi connectivity index (χ4v) is 3.85. The van der Waals surface area contributed by atoms with Crippen molar-refractivity contribution in [2.45, 2.75) is 32.5 Å². The maximum atomic E-state index is 12.8. The summed E-state index contributed by atoms with van der Waals surface area (Å²) in [7, 11) is 0. The average molecular weight is 365 g/mol. The quantitative estimate of drug-likeness (QED) is 0.909. The third kappa shape index (κ3) is 4.08. The second-order valence-corrected chi connectivity index (χ2v) is 7.42. The van der Waals surface area contributed by atoms with E-state index in [1.807, 2.05) is 36.1 Å². The number of urea groups is 1. The van der Waals surface area contributed by atoms with Gasteiger partial charge < -0.3 is 15.0 Å². The van der Waals surface area contributed by atoms with Crippen LogP contribution in [0.1, 0.15) is 23.6 Å². The molecule has 4 rings (SSSR count). The maximum absolute atomic E-state index is 12.8. The minimum atomic E-state index is -0.0137. The fraction of sp³-hybridized carbons (Fsp3) is 0.409. The van der Waals surface area contributed by atoms with E-state index in [2.05, 4.69) is 34.5 Å². The number of ether oxygens (including phenoxy) is 1. The lowest BCUT2D eigenvalue weighted by molar-refractivity contribution is 0.155. The first-order valence-electron chi connectivity index (χ1n) is 9.75. The molecular weight excluding hydrogens is 338 g/mol. The Kier molecular flexibility index (Phi) is 5.30. The number of para-hydroxylation sites is 1. The molecule has 0 spiro atoms. The Balaban J connectivity index is 1.30. The predicted molar refractivity (Wildman–Crippen MR) is 106 cm³/mol. The molecule has 27 heavy (non-hydrogen) atoms. The van der Waals surface area contributed by atoms with Gasteiger partial charge in [-0.2, -0.15) is 0 Å². The highest BCUT2D eigenvalue weighted by Crippen LogP contribution is 2.24. The number of hydrogen-bond donors (Lipinski definition) is 1. The second kappa shape index (κ2) is 8.01. The van der Waals surface area contributed by atoms with Crippen LogP contribution in [0.15, 0.2) is 48.5 Å². The zero-order valence-corrected chi connectivity index (χ0v) is 15.9. The van der Waals surface area contributed by atoms with Gasteiger partial charge in [0.2, 0.25) is 0 Å². The smallest absolute Gasteiger partial charge is 0.318 e. The van der Waals surface area contributed by atoms with E-state index in [4.69, 9.17) is 4.74 Å². The topological polar surface area (TPSA) is 44.8 Å². The summed E-state index contributed by atoms with van der Waals surface area (Å²) < 4.78 is 5.84. The molecule has 1 atom stereocenters. The molecule has 1 N–H and O–H groups in total. The maximum Gasteiger partial charge on any atom is 0.318 e. The van der Waals surface area contributed by atoms with Crippen LogP contribution in [-0.4, -0.2) is 48.1 Å². The van der Waals surface area contributed by atoms with Crippen LogP contribution < -0.4 is 10.1 Å². The van der Waals surface area contributed by atoms with Crippen molar-refractivity contribution in [3.8, 4) is 5.75 Å². The molecule has 5 nitrogen and oxygen atoms in total. The van der Waals surface area contributed by atoms with Crippen molar-refractivity contribution < 1.29 is 9.53 Å². The summed E-state index contributed by atoms with van der Waals surface area (Å²) in [5.74, 6) is 0.881. The average Bonchev–Trinajstić information content (AvgIpc) is 2.87.